The van der Waals surface area contributed by atoms with Gasteiger partial charge in [0.05, 0.1) is 6.67 Å². The molecule has 0 aliphatic heterocycles. The van der Waals surface area contributed by atoms with Gasteiger partial charge in [-0.25, -0.2) is 0 Å². The highest BCUT2D eigenvalue weighted by atomic mass is 19.1. The maximum atomic E-state index is 12.3. The first-order valence-corrected chi connectivity index (χ1v) is 5.53. The van der Waals surface area contributed by atoms with E-state index in [4.69, 9.17) is 0 Å². The summed E-state index contributed by atoms with van der Waals surface area (Å²) < 4.78 is 12.3. The van der Waals surface area contributed by atoms with Gasteiger partial charge < -0.3 is 5.32 Å². The lowest BCUT2D eigenvalue weighted by atomic mass is 10.0. The van der Waals surface area contributed by atoms with Crippen molar-refractivity contribution in [3.05, 3.63) is 0 Å². The van der Waals surface area contributed by atoms with E-state index in [-0.39, 0.29) is 6.67 Å². The summed E-state index contributed by atoms with van der Waals surface area (Å²) in [6.07, 6.45) is 4.27. The number of nitrogens with one attached hydrogen (secondary N) is 1. The molecule has 0 aromatic rings. The van der Waals surface area contributed by atoms with Gasteiger partial charge in [0.2, 0.25) is 0 Å². The van der Waals surface area contributed by atoms with Crippen molar-refractivity contribution in [2.45, 2.75) is 52.5 Å². The van der Waals surface area contributed by atoms with Gasteiger partial charge >= 0.3 is 0 Å². The molecule has 0 saturated carbocycles. The fourth-order valence-corrected chi connectivity index (χ4v) is 1.27. The highest BCUT2D eigenvalue weighted by molar-refractivity contribution is 4.60. The summed E-state index contributed by atoms with van der Waals surface area (Å²) in [5, 5.41) is 3.41. The molecule has 0 aromatic carbocycles. The van der Waals surface area contributed by atoms with Crippen molar-refractivity contribution in [3.63, 3.8) is 0 Å². The fraction of sp³-hybridized carbons (Fsp3) is 1.00. The van der Waals surface area contributed by atoms with Crippen LogP contribution in [0, 0.1) is 5.92 Å². The van der Waals surface area contributed by atoms with Crippen molar-refractivity contribution < 1.29 is 4.39 Å². The van der Waals surface area contributed by atoms with E-state index < -0.39 is 0 Å². The smallest absolute Gasteiger partial charge is 0.0922 e. The van der Waals surface area contributed by atoms with Crippen LogP contribution in [0.3, 0.4) is 0 Å². The quantitative estimate of drug-likeness (QED) is 0.578. The maximum Gasteiger partial charge on any atom is 0.0922 e. The van der Waals surface area contributed by atoms with E-state index in [1.54, 1.807) is 0 Å². The van der Waals surface area contributed by atoms with E-state index in [2.05, 4.69) is 26.1 Å². The fourth-order valence-electron chi connectivity index (χ4n) is 1.27. The largest absolute Gasteiger partial charge is 0.314 e. The van der Waals surface area contributed by atoms with Gasteiger partial charge in [0.15, 0.2) is 0 Å². The Morgan fingerprint density at radius 3 is 2.38 bits per heavy atom. The molecule has 0 heterocycles. The number of hydrogen-bond acceptors (Lipinski definition) is 1. The summed E-state index contributed by atoms with van der Waals surface area (Å²) in [4.78, 5) is 0. The number of rotatable bonds is 8. The molecule has 0 rings (SSSR count). The Morgan fingerprint density at radius 2 is 1.92 bits per heavy atom. The zero-order valence-electron chi connectivity index (χ0n) is 9.28. The minimum atomic E-state index is -0.153. The van der Waals surface area contributed by atoms with E-state index in [0.717, 1.165) is 25.8 Å². The van der Waals surface area contributed by atoms with Crippen molar-refractivity contribution in [2.75, 3.05) is 13.2 Å². The average molecular weight is 189 g/mol. The lowest BCUT2D eigenvalue weighted by Crippen LogP contribution is -2.26. The summed E-state index contributed by atoms with van der Waals surface area (Å²) in [5.74, 6) is 0.290. The Bertz CT molecular complexity index is 102. The molecule has 0 spiro atoms. The van der Waals surface area contributed by atoms with Crippen LogP contribution in [0.1, 0.15) is 46.5 Å². The zero-order chi connectivity index (χ0) is 10.1. The predicted molar refractivity (Wildman–Crippen MR) is 56.7 cm³/mol. The first-order valence-electron chi connectivity index (χ1n) is 5.53. The van der Waals surface area contributed by atoms with Crippen molar-refractivity contribution in [2.24, 2.45) is 5.92 Å². The van der Waals surface area contributed by atoms with Gasteiger partial charge in [-0.2, -0.15) is 0 Å². The summed E-state index contributed by atoms with van der Waals surface area (Å²) in [5.41, 5.74) is 0. The SMILES string of the molecule is CCC(CF)CCCNC(C)CC. The van der Waals surface area contributed by atoms with E-state index >= 15 is 0 Å². The molecule has 1 N–H and O–H groups in total. The summed E-state index contributed by atoms with van der Waals surface area (Å²) in [6, 6.07) is 0.602. The molecule has 2 unspecified atom stereocenters. The third-order valence-electron chi connectivity index (χ3n) is 2.69. The lowest BCUT2D eigenvalue weighted by Gasteiger charge is -2.13. The number of halogens is 1. The Hall–Kier alpha value is -0.110. The van der Waals surface area contributed by atoms with Crippen molar-refractivity contribution in [1.82, 2.24) is 5.32 Å². The van der Waals surface area contributed by atoms with E-state index in [1.807, 2.05) is 0 Å². The van der Waals surface area contributed by atoms with Crippen LogP contribution in [0.15, 0.2) is 0 Å². The Morgan fingerprint density at radius 1 is 1.23 bits per heavy atom. The first-order chi connectivity index (χ1) is 6.24. The molecule has 2 heteroatoms. The monoisotopic (exact) mass is 189 g/mol. The zero-order valence-corrected chi connectivity index (χ0v) is 9.28. The van der Waals surface area contributed by atoms with Crippen LogP contribution in [-0.2, 0) is 0 Å². The topological polar surface area (TPSA) is 12.0 Å². The number of hydrogen-bond donors (Lipinski definition) is 1. The van der Waals surface area contributed by atoms with Crippen molar-refractivity contribution in [3.8, 4) is 0 Å². The molecule has 0 bridgehead atoms. The molecule has 80 valence electrons. The van der Waals surface area contributed by atoms with E-state index in [0.29, 0.717) is 12.0 Å². The second-order valence-corrected chi connectivity index (χ2v) is 3.83. The molecule has 2 atom stereocenters. The summed E-state index contributed by atoms with van der Waals surface area (Å²) >= 11 is 0. The molecule has 0 saturated heterocycles. The third kappa shape index (κ3) is 7.00. The molecule has 0 aliphatic carbocycles. The molecule has 13 heavy (non-hydrogen) atoms. The molecule has 0 amide bonds. The summed E-state index contributed by atoms with van der Waals surface area (Å²) in [7, 11) is 0. The van der Waals surface area contributed by atoms with Gasteiger partial charge in [0.1, 0.15) is 0 Å². The van der Waals surface area contributed by atoms with Crippen molar-refractivity contribution >= 4 is 0 Å². The summed E-state index contributed by atoms with van der Waals surface area (Å²) in [6.45, 7) is 7.30. The van der Waals surface area contributed by atoms with Crippen LogP contribution in [0.4, 0.5) is 4.39 Å². The van der Waals surface area contributed by atoms with E-state index in [9.17, 15) is 4.39 Å². The molecule has 0 fully saturated rings. The van der Waals surface area contributed by atoms with Crippen LogP contribution < -0.4 is 5.32 Å². The van der Waals surface area contributed by atoms with Gasteiger partial charge in [0, 0.05) is 6.04 Å². The number of alkyl halides is 1. The van der Waals surface area contributed by atoms with Gasteiger partial charge in [-0.15, -0.1) is 0 Å². The molecular formula is C11H24FN. The van der Waals surface area contributed by atoms with Crippen LogP contribution in [0.5, 0.6) is 0 Å². The minimum Gasteiger partial charge on any atom is -0.314 e. The predicted octanol–water partition coefficient (Wildman–Crippen LogP) is 3.15. The first kappa shape index (κ1) is 12.9. The minimum absolute atomic E-state index is 0.153. The molecule has 0 radical (unpaired) electrons. The average Bonchev–Trinajstić information content (AvgIpc) is 2.18. The van der Waals surface area contributed by atoms with Gasteiger partial charge in [-0.05, 0) is 38.6 Å². The molecule has 1 nitrogen and oxygen atoms in total. The highest BCUT2D eigenvalue weighted by Gasteiger charge is 2.04. The highest BCUT2D eigenvalue weighted by Crippen LogP contribution is 2.10. The Labute approximate surface area is 82.1 Å². The van der Waals surface area contributed by atoms with Gasteiger partial charge in [0.25, 0.3) is 0 Å². The van der Waals surface area contributed by atoms with Crippen molar-refractivity contribution in [1.29, 1.82) is 0 Å². The van der Waals surface area contributed by atoms with Crippen LogP contribution >= 0.6 is 0 Å². The van der Waals surface area contributed by atoms with Crippen LogP contribution in [-0.4, -0.2) is 19.3 Å². The van der Waals surface area contributed by atoms with Gasteiger partial charge in [-0.1, -0.05) is 20.3 Å². The second kappa shape index (κ2) is 8.49. The molecular weight excluding hydrogens is 165 g/mol. The Kier molecular flexibility index (Phi) is 8.41. The molecule has 0 aromatic heterocycles. The van der Waals surface area contributed by atoms with Crippen LogP contribution in [0.2, 0.25) is 0 Å². The van der Waals surface area contributed by atoms with Crippen LogP contribution in [0.25, 0.3) is 0 Å². The Balaban J connectivity index is 3.23. The molecule has 0 aliphatic rings. The normalized spacial score (nSPS) is 15.7. The lowest BCUT2D eigenvalue weighted by molar-refractivity contribution is 0.326. The standard InChI is InChI=1S/C11H24FN/c1-4-10(3)13-8-6-7-11(5-2)9-12/h10-11,13H,4-9H2,1-3H3. The third-order valence-corrected chi connectivity index (χ3v) is 2.69. The maximum absolute atomic E-state index is 12.3. The second-order valence-electron chi connectivity index (χ2n) is 3.83. The van der Waals surface area contributed by atoms with Gasteiger partial charge in [-0.3, -0.25) is 4.39 Å². The van der Waals surface area contributed by atoms with E-state index in [1.165, 1.54) is 6.42 Å².